The van der Waals surface area contributed by atoms with Gasteiger partial charge in [0.1, 0.15) is 5.75 Å². The summed E-state index contributed by atoms with van der Waals surface area (Å²) in [5, 5.41) is 11.2. The van der Waals surface area contributed by atoms with Crippen LogP contribution in [-0.4, -0.2) is 25.5 Å². The topological polar surface area (TPSA) is 74.0 Å². The number of aryl methyl sites for hydroxylation is 1. The number of hydrogen-bond acceptors (Lipinski definition) is 4. The average molecular weight is 353 g/mol. The number of carbonyl (C=O) groups excluding carboxylic acids is 1. The molecule has 3 aromatic rings. The van der Waals surface area contributed by atoms with E-state index in [1.54, 1.807) is 27.8 Å². The summed E-state index contributed by atoms with van der Waals surface area (Å²) in [6, 6.07) is 9.65. The number of carbonyl (C=O) groups is 1. The van der Waals surface area contributed by atoms with Gasteiger partial charge in [0.05, 0.1) is 17.6 Å². The molecule has 26 heavy (non-hydrogen) atoms. The molecule has 0 spiro atoms. The van der Waals surface area contributed by atoms with E-state index in [4.69, 9.17) is 4.74 Å². The van der Waals surface area contributed by atoms with E-state index in [0.29, 0.717) is 17.3 Å². The van der Waals surface area contributed by atoms with Crippen LogP contribution in [0.5, 0.6) is 5.75 Å². The zero-order valence-corrected chi connectivity index (χ0v) is 15.4. The molecule has 3 rings (SSSR count). The maximum Gasteiger partial charge on any atom is 0.276 e. The molecule has 0 radical (unpaired) electrons. The molecular formula is C19H23N5O2. The smallest absolute Gasteiger partial charge is 0.276 e. The second kappa shape index (κ2) is 7.43. The van der Waals surface area contributed by atoms with Gasteiger partial charge in [-0.1, -0.05) is 26.0 Å². The van der Waals surface area contributed by atoms with Gasteiger partial charge in [-0.2, -0.15) is 10.2 Å². The molecule has 0 saturated carbocycles. The van der Waals surface area contributed by atoms with Crippen molar-refractivity contribution in [3.8, 4) is 5.75 Å². The van der Waals surface area contributed by atoms with Crippen molar-refractivity contribution >= 4 is 11.6 Å². The van der Waals surface area contributed by atoms with Crippen molar-refractivity contribution < 1.29 is 9.53 Å². The minimum atomic E-state index is -0.277. The largest absolute Gasteiger partial charge is 0.471 e. The fourth-order valence-corrected chi connectivity index (χ4v) is 2.45. The van der Waals surface area contributed by atoms with Gasteiger partial charge in [-0.3, -0.25) is 9.48 Å². The van der Waals surface area contributed by atoms with Crippen molar-refractivity contribution in [1.29, 1.82) is 0 Å². The molecule has 0 aliphatic rings. The maximum atomic E-state index is 12.3. The Bertz CT molecular complexity index is 893. The van der Waals surface area contributed by atoms with Gasteiger partial charge in [-0.25, -0.2) is 4.68 Å². The third kappa shape index (κ3) is 3.93. The van der Waals surface area contributed by atoms with E-state index < -0.39 is 0 Å². The number of aromatic nitrogens is 4. The molecule has 1 aromatic carbocycles. The molecule has 0 atom stereocenters. The highest BCUT2D eigenvalue weighted by atomic mass is 16.5. The van der Waals surface area contributed by atoms with Crippen molar-refractivity contribution in [2.24, 2.45) is 7.05 Å². The first-order valence-electron chi connectivity index (χ1n) is 8.50. The van der Waals surface area contributed by atoms with Gasteiger partial charge in [0.2, 0.25) is 0 Å². The molecule has 1 N–H and O–H groups in total. The second-order valence-electron chi connectivity index (χ2n) is 6.46. The summed E-state index contributed by atoms with van der Waals surface area (Å²) < 4.78 is 9.00. The van der Waals surface area contributed by atoms with Gasteiger partial charge in [-0.05, 0) is 36.6 Å². The predicted molar refractivity (Wildman–Crippen MR) is 99.3 cm³/mol. The lowest BCUT2D eigenvalue weighted by molar-refractivity contribution is 0.102. The van der Waals surface area contributed by atoms with E-state index in [0.717, 1.165) is 11.4 Å². The van der Waals surface area contributed by atoms with E-state index >= 15 is 0 Å². The Balaban J connectivity index is 1.59. The lowest BCUT2D eigenvalue weighted by Crippen LogP contribution is -2.14. The summed E-state index contributed by atoms with van der Waals surface area (Å²) in [4.78, 5) is 12.3. The van der Waals surface area contributed by atoms with Crippen LogP contribution < -0.4 is 10.1 Å². The number of anilines is 1. The Morgan fingerprint density at radius 2 is 1.96 bits per heavy atom. The first-order chi connectivity index (χ1) is 12.4. The van der Waals surface area contributed by atoms with Crippen molar-refractivity contribution in [2.75, 3.05) is 5.32 Å². The van der Waals surface area contributed by atoms with E-state index in [-0.39, 0.29) is 12.6 Å². The van der Waals surface area contributed by atoms with E-state index in [9.17, 15) is 4.79 Å². The Kier molecular flexibility index (Phi) is 5.06. The summed E-state index contributed by atoms with van der Waals surface area (Å²) >= 11 is 0. The van der Waals surface area contributed by atoms with Crippen molar-refractivity contribution in [2.45, 2.75) is 33.4 Å². The van der Waals surface area contributed by atoms with Crippen molar-refractivity contribution in [3.63, 3.8) is 0 Å². The lowest BCUT2D eigenvalue weighted by atomic mass is 10.0. The van der Waals surface area contributed by atoms with Crippen LogP contribution in [0.25, 0.3) is 0 Å². The van der Waals surface area contributed by atoms with Crippen LogP contribution in [0.15, 0.2) is 42.7 Å². The molecule has 0 unspecified atom stereocenters. The number of benzene rings is 1. The quantitative estimate of drug-likeness (QED) is 0.737. The van der Waals surface area contributed by atoms with Gasteiger partial charge in [0, 0.05) is 13.2 Å². The van der Waals surface area contributed by atoms with Crippen LogP contribution >= 0.6 is 0 Å². The summed E-state index contributed by atoms with van der Waals surface area (Å²) in [6.07, 6.45) is 3.33. The van der Waals surface area contributed by atoms with Gasteiger partial charge in [0.15, 0.2) is 12.4 Å². The van der Waals surface area contributed by atoms with Crippen LogP contribution in [0.3, 0.4) is 0 Å². The first kappa shape index (κ1) is 17.7. The molecule has 0 fully saturated rings. The summed E-state index contributed by atoms with van der Waals surface area (Å²) in [5.41, 5.74) is 3.15. The molecule has 0 saturated heterocycles. The second-order valence-corrected chi connectivity index (χ2v) is 6.46. The van der Waals surface area contributed by atoms with Crippen molar-refractivity contribution in [3.05, 3.63) is 59.7 Å². The molecule has 0 bridgehead atoms. The van der Waals surface area contributed by atoms with Crippen LogP contribution in [0.4, 0.5) is 5.69 Å². The summed E-state index contributed by atoms with van der Waals surface area (Å²) in [5.74, 6) is 0.975. The molecule has 1 amide bonds. The number of nitrogens with zero attached hydrogens (tertiary/aromatic N) is 4. The highest BCUT2D eigenvalue weighted by Gasteiger charge is 2.13. The van der Waals surface area contributed by atoms with Gasteiger partial charge in [0.25, 0.3) is 5.91 Å². The van der Waals surface area contributed by atoms with E-state index in [1.165, 1.54) is 5.56 Å². The monoisotopic (exact) mass is 353 g/mol. The minimum Gasteiger partial charge on any atom is -0.471 e. The molecule has 136 valence electrons. The average Bonchev–Trinajstić information content (AvgIpc) is 3.22. The molecule has 2 heterocycles. The standard InChI is InChI=1S/C19H23N5O2/c1-13(2)15-5-7-16(8-6-15)26-12-24-10-9-17(22-24)19(25)21-18-11-20-23(4)14(18)3/h5-11,13H,12H2,1-4H3,(H,21,25). The Morgan fingerprint density at radius 1 is 1.23 bits per heavy atom. The number of nitrogens with one attached hydrogen (secondary N) is 1. The lowest BCUT2D eigenvalue weighted by Gasteiger charge is -2.09. The Labute approximate surface area is 152 Å². The zero-order valence-electron chi connectivity index (χ0n) is 15.4. The van der Waals surface area contributed by atoms with E-state index in [1.807, 2.05) is 26.1 Å². The minimum absolute atomic E-state index is 0.236. The third-order valence-electron chi connectivity index (χ3n) is 4.27. The molecule has 7 heteroatoms. The molecule has 0 aliphatic carbocycles. The number of amides is 1. The zero-order chi connectivity index (χ0) is 18.7. The molecular weight excluding hydrogens is 330 g/mol. The maximum absolute atomic E-state index is 12.3. The number of ether oxygens (including phenoxy) is 1. The van der Waals surface area contributed by atoms with Crippen molar-refractivity contribution in [1.82, 2.24) is 19.6 Å². The highest BCUT2D eigenvalue weighted by molar-refractivity contribution is 6.03. The van der Waals surface area contributed by atoms with Gasteiger partial charge < -0.3 is 10.1 Å². The SMILES string of the molecule is Cc1c(NC(=O)c2ccn(COc3ccc(C(C)C)cc3)n2)cnn1C. The number of hydrogen-bond donors (Lipinski definition) is 1. The van der Waals surface area contributed by atoms with Crippen LogP contribution in [0, 0.1) is 6.92 Å². The Morgan fingerprint density at radius 3 is 2.58 bits per heavy atom. The van der Waals surface area contributed by atoms with Crippen LogP contribution in [0.1, 0.15) is 41.5 Å². The normalized spacial score (nSPS) is 11.0. The summed E-state index contributed by atoms with van der Waals surface area (Å²) in [7, 11) is 1.82. The van der Waals surface area contributed by atoms with Crippen LogP contribution in [0.2, 0.25) is 0 Å². The fraction of sp³-hybridized carbons (Fsp3) is 0.316. The fourth-order valence-electron chi connectivity index (χ4n) is 2.45. The van der Waals surface area contributed by atoms with Crippen LogP contribution in [-0.2, 0) is 13.8 Å². The first-order valence-corrected chi connectivity index (χ1v) is 8.50. The van der Waals surface area contributed by atoms with E-state index in [2.05, 4.69) is 41.5 Å². The van der Waals surface area contributed by atoms with Gasteiger partial charge >= 0.3 is 0 Å². The van der Waals surface area contributed by atoms with Gasteiger partial charge in [-0.15, -0.1) is 0 Å². The summed E-state index contributed by atoms with van der Waals surface area (Å²) in [6.45, 7) is 6.43. The highest BCUT2D eigenvalue weighted by Crippen LogP contribution is 2.19. The predicted octanol–water partition coefficient (Wildman–Crippen LogP) is 3.34. The molecule has 0 aliphatic heterocycles. The molecule has 7 nitrogen and oxygen atoms in total. The number of rotatable bonds is 6. The third-order valence-corrected chi connectivity index (χ3v) is 4.27. The Hall–Kier alpha value is -3.09. The molecule has 2 aromatic heterocycles.